The Kier molecular flexibility index (Phi) is 6.70. The molecule has 4 rings (SSSR count). The van der Waals surface area contributed by atoms with Gasteiger partial charge in [0.2, 0.25) is 0 Å². The average molecular weight is 435 g/mol. The van der Waals surface area contributed by atoms with Gasteiger partial charge < -0.3 is 4.57 Å². The fraction of sp³-hybridized carbons (Fsp3) is 0.276. The Bertz CT molecular complexity index is 1270. The van der Waals surface area contributed by atoms with Gasteiger partial charge >= 0.3 is 0 Å². The normalized spacial score (nSPS) is 11.0. The summed E-state index contributed by atoms with van der Waals surface area (Å²) in [5.74, 6) is 5.01. The van der Waals surface area contributed by atoms with Crippen molar-refractivity contribution in [3.63, 3.8) is 0 Å². The van der Waals surface area contributed by atoms with Gasteiger partial charge in [-0.15, -0.1) is 6.42 Å². The molecule has 0 bridgehead atoms. The van der Waals surface area contributed by atoms with Crippen molar-refractivity contribution in [1.82, 2.24) is 19.5 Å². The summed E-state index contributed by atoms with van der Waals surface area (Å²) >= 11 is 0. The maximum absolute atomic E-state index is 5.45. The third kappa shape index (κ3) is 5.38. The van der Waals surface area contributed by atoms with Crippen molar-refractivity contribution in [3.8, 4) is 12.3 Å². The molecule has 0 aliphatic heterocycles. The second-order valence-electron chi connectivity index (χ2n) is 8.94. The lowest BCUT2D eigenvalue weighted by atomic mass is 9.95. The molecule has 4 aromatic rings. The third-order valence-electron chi connectivity index (χ3n) is 5.98. The predicted octanol–water partition coefficient (Wildman–Crippen LogP) is 5.62. The van der Waals surface area contributed by atoms with Crippen molar-refractivity contribution in [1.29, 1.82) is 0 Å². The molecule has 0 aliphatic rings. The number of hydrogen-bond donors (Lipinski definition) is 0. The molecule has 0 fully saturated rings. The molecule has 2 aromatic heterocycles. The Balaban J connectivity index is 1.51. The molecule has 0 N–H and O–H groups in total. The SMILES string of the molecule is C#Cc1ccc(Cc2nccc(Cc3c(C)cc(Cn4ccnc4C(C)C)cc3C)n2)cc1. The lowest BCUT2D eigenvalue weighted by Crippen LogP contribution is -2.08. The van der Waals surface area contributed by atoms with Crippen molar-refractivity contribution >= 4 is 0 Å². The maximum Gasteiger partial charge on any atom is 0.132 e. The first-order valence-corrected chi connectivity index (χ1v) is 11.4. The summed E-state index contributed by atoms with van der Waals surface area (Å²) in [6, 6.07) is 14.6. The summed E-state index contributed by atoms with van der Waals surface area (Å²) < 4.78 is 2.24. The number of imidazole rings is 1. The number of aryl methyl sites for hydroxylation is 2. The molecular formula is C29H30N4. The molecule has 0 spiro atoms. The number of rotatable bonds is 7. The van der Waals surface area contributed by atoms with Crippen LogP contribution in [-0.4, -0.2) is 19.5 Å². The molecule has 166 valence electrons. The van der Waals surface area contributed by atoms with Gasteiger partial charge in [0.25, 0.3) is 0 Å². The average Bonchev–Trinajstić information content (AvgIpc) is 3.25. The van der Waals surface area contributed by atoms with E-state index in [0.717, 1.165) is 41.4 Å². The molecule has 0 atom stereocenters. The number of hydrogen-bond acceptors (Lipinski definition) is 3. The second-order valence-corrected chi connectivity index (χ2v) is 8.94. The summed E-state index contributed by atoms with van der Waals surface area (Å²) in [7, 11) is 0. The molecule has 4 nitrogen and oxygen atoms in total. The molecule has 0 amide bonds. The van der Waals surface area contributed by atoms with E-state index in [1.54, 1.807) is 0 Å². The maximum atomic E-state index is 5.45. The zero-order chi connectivity index (χ0) is 23.4. The predicted molar refractivity (Wildman–Crippen MR) is 133 cm³/mol. The van der Waals surface area contributed by atoms with Crippen LogP contribution in [0.1, 0.15) is 70.5 Å². The molecule has 0 saturated carbocycles. The molecule has 0 unspecified atom stereocenters. The minimum Gasteiger partial charge on any atom is -0.330 e. The lowest BCUT2D eigenvalue weighted by Gasteiger charge is -2.15. The topological polar surface area (TPSA) is 43.6 Å². The zero-order valence-electron chi connectivity index (χ0n) is 19.8. The first kappa shape index (κ1) is 22.5. The van der Waals surface area contributed by atoms with Crippen molar-refractivity contribution < 1.29 is 0 Å². The minimum atomic E-state index is 0.406. The molecule has 0 saturated heterocycles. The van der Waals surface area contributed by atoms with Crippen LogP contribution in [0.25, 0.3) is 0 Å². The highest BCUT2D eigenvalue weighted by atomic mass is 15.1. The summed E-state index contributed by atoms with van der Waals surface area (Å²) in [4.78, 5) is 13.8. The van der Waals surface area contributed by atoms with Crippen molar-refractivity contribution in [2.24, 2.45) is 0 Å². The lowest BCUT2D eigenvalue weighted by molar-refractivity contribution is 0.669. The van der Waals surface area contributed by atoms with Crippen LogP contribution < -0.4 is 0 Å². The Hall–Kier alpha value is -3.71. The first-order valence-electron chi connectivity index (χ1n) is 11.4. The van der Waals surface area contributed by atoms with Crippen molar-refractivity contribution in [2.45, 2.75) is 53.0 Å². The molecule has 0 radical (unpaired) electrons. The van der Waals surface area contributed by atoms with Gasteiger partial charge in [-0.05, 0) is 59.9 Å². The monoisotopic (exact) mass is 434 g/mol. The molecule has 2 heterocycles. The smallest absolute Gasteiger partial charge is 0.132 e. The number of aromatic nitrogens is 4. The number of nitrogens with zero attached hydrogens (tertiary/aromatic N) is 4. The zero-order valence-corrected chi connectivity index (χ0v) is 19.8. The Morgan fingerprint density at radius 3 is 2.30 bits per heavy atom. The fourth-order valence-corrected chi connectivity index (χ4v) is 4.31. The molecule has 0 aliphatic carbocycles. The second kappa shape index (κ2) is 9.83. The van der Waals surface area contributed by atoms with E-state index in [-0.39, 0.29) is 0 Å². The summed E-state index contributed by atoms with van der Waals surface area (Å²) in [5, 5.41) is 0. The quantitative estimate of drug-likeness (QED) is 0.354. The van der Waals surface area contributed by atoms with Crippen LogP contribution in [0.4, 0.5) is 0 Å². The van der Waals surface area contributed by atoms with Gasteiger partial charge in [-0.2, -0.15) is 0 Å². The van der Waals surface area contributed by atoms with Crippen LogP contribution in [0.15, 0.2) is 61.1 Å². The van der Waals surface area contributed by atoms with Crippen LogP contribution in [0.3, 0.4) is 0 Å². The van der Waals surface area contributed by atoms with E-state index < -0.39 is 0 Å². The largest absolute Gasteiger partial charge is 0.330 e. The minimum absolute atomic E-state index is 0.406. The number of benzene rings is 2. The third-order valence-corrected chi connectivity index (χ3v) is 5.98. The highest BCUT2D eigenvalue weighted by molar-refractivity contribution is 5.40. The van der Waals surface area contributed by atoms with E-state index in [1.165, 1.54) is 22.3 Å². The van der Waals surface area contributed by atoms with Gasteiger partial charge in [0.1, 0.15) is 11.6 Å². The van der Waals surface area contributed by atoms with E-state index in [1.807, 2.05) is 42.7 Å². The summed E-state index contributed by atoms with van der Waals surface area (Å²) in [5.41, 5.74) is 8.29. The summed E-state index contributed by atoms with van der Waals surface area (Å²) in [6.45, 7) is 9.59. The van der Waals surface area contributed by atoms with E-state index in [2.05, 4.69) is 66.5 Å². The van der Waals surface area contributed by atoms with Crippen LogP contribution in [-0.2, 0) is 19.4 Å². The van der Waals surface area contributed by atoms with Crippen molar-refractivity contribution in [2.75, 3.05) is 0 Å². The van der Waals surface area contributed by atoms with E-state index in [4.69, 9.17) is 11.4 Å². The van der Waals surface area contributed by atoms with Gasteiger partial charge in [-0.1, -0.05) is 44.0 Å². The van der Waals surface area contributed by atoms with Crippen LogP contribution in [0.2, 0.25) is 0 Å². The van der Waals surface area contributed by atoms with E-state index in [9.17, 15) is 0 Å². The van der Waals surface area contributed by atoms with Gasteiger partial charge in [-0.25, -0.2) is 15.0 Å². The van der Waals surface area contributed by atoms with Crippen LogP contribution >= 0.6 is 0 Å². The Morgan fingerprint density at radius 2 is 1.64 bits per heavy atom. The van der Waals surface area contributed by atoms with Gasteiger partial charge in [-0.3, -0.25) is 0 Å². The van der Waals surface area contributed by atoms with Crippen LogP contribution in [0.5, 0.6) is 0 Å². The Morgan fingerprint density at radius 1 is 0.909 bits per heavy atom. The van der Waals surface area contributed by atoms with Gasteiger partial charge in [0.15, 0.2) is 0 Å². The number of terminal acetylenes is 1. The molecular weight excluding hydrogens is 404 g/mol. The fourth-order valence-electron chi connectivity index (χ4n) is 4.31. The highest BCUT2D eigenvalue weighted by Gasteiger charge is 2.11. The van der Waals surface area contributed by atoms with Crippen molar-refractivity contribution in [3.05, 3.63) is 112 Å². The van der Waals surface area contributed by atoms with Gasteiger partial charge in [0.05, 0.1) is 0 Å². The molecule has 33 heavy (non-hydrogen) atoms. The molecule has 2 aromatic carbocycles. The van der Waals surface area contributed by atoms with E-state index >= 15 is 0 Å². The van der Waals surface area contributed by atoms with Crippen LogP contribution in [0, 0.1) is 26.2 Å². The Labute approximate surface area is 196 Å². The van der Waals surface area contributed by atoms with E-state index in [0.29, 0.717) is 12.3 Å². The summed E-state index contributed by atoms with van der Waals surface area (Å²) in [6.07, 6.45) is 12.8. The first-order chi connectivity index (χ1) is 15.9. The van der Waals surface area contributed by atoms with Gasteiger partial charge in [0, 0.05) is 55.2 Å². The highest BCUT2D eigenvalue weighted by Crippen LogP contribution is 2.22. The molecule has 4 heteroatoms. The standard InChI is InChI=1S/C29H30N4/c1-6-23-7-9-24(10-8-23)17-28-30-12-11-26(32-28)18-27-21(4)15-25(16-22(27)5)19-33-14-13-31-29(33)20(2)3/h1,7-16,20H,17-19H2,2-5H3.